The molecule has 0 saturated carbocycles. The van der Waals surface area contributed by atoms with E-state index in [4.69, 9.17) is 9.84 Å². The van der Waals surface area contributed by atoms with E-state index in [1.807, 2.05) is 24.3 Å². The van der Waals surface area contributed by atoms with Crippen LogP contribution in [0.1, 0.15) is 14.5 Å². The van der Waals surface area contributed by atoms with Gasteiger partial charge < -0.3 is 14.7 Å². The van der Waals surface area contributed by atoms with Crippen LogP contribution in [0, 0.1) is 0 Å². The van der Waals surface area contributed by atoms with E-state index < -0.39 is 5.97 Å². The van der Waals surface area contributed by atoms with E-state index in [0.29, 0.717) is 18.0 Å². The largest absolute Gasteiger partial charge is 0.482 e. The molecular formula is C14H11NO4S. The number of benzene rings is 1. The monoisotopic (exact) mass is 289 g/mol. The molecule has 2 aromatic rings. The molecule has 0 unspecified atom stereocenters. The van der Waals surface area contributed by atoms with E-state index in [2.05, 4.69) is 0 Å². The maximum absolute atomic E-state index is 12.0. The first-order valence-corrected chi connectivity index (χ1v) is 6.81. The Bertz CT molecular complexity index is 679. The van der Waals surface area contributed by atoms with Gasteiger partial charge in [-0.05, 0) is 24.3 Å². The van der Waals surface area contributed by atoms with Crippen molar-refractivity contribution in [2.45, 2.75) is 6.54 Å². The minimum absolute atomic E-state index is 0.00811. The lowest BCUT2D eigenvalue weighted by molar-refractivity contribution is -0.121. The van der Waals surface area contributed by atoms with Crippen molar-refractivity contribution in [3.05, 3.63) is 46.2 Å². The second kappa shape index (κ2) is 4.97. The molecule has 0 spiro atoms. The van der Waals surface area contributed by atoms with E-state index in [0.717, 1.165) is 4.88 Å². The number of amides is 1. The Morgan fingerprint density at radius 3 is 2.85 bits per heavy atom. The van der Waals surface area contributed by atoms with Crippen molar-refractivity contribution >= 4 is 28.9 Å². The highest BCUT2D eigenvalue weighted by atomic mass is 32.1. The SMILES string of the molecule is O=C(O)c1ccc(CN2C(=O)COc3ccccc32)s1. The van der Waals surface area contributed by atoms with Crippen molar-refractivity contribution in [1.82, 2.24) is 0 Å². The number of hydrogen-bond acceptors (Lipinski definition) is 4. The van der Waals surface area contributed by atoms with Gasteiger partial charge in [-0.25, -0.2) is 4.79 Å². The summed E-state index contributed by atoms with van der Waals surface area (Å²) < 4.78 is 5.37. The maximum atomic E-state index is 12.0. The highest BCUT2D eigenvalue weighted by molar-refractivity contribution is 7.13. The fourth-order valence-corrected chi connectivity index (χ4v) is 2.90. The van der Waals surface area contributed by atoms with E-state index in [1.165, 1.54) is 11.3 Å². The zero-order valence-electron chi connectivity index (χ0n) is 10.4. The minimum atomic E-state index is -0.949. The molecule has 0 fully saturated rings. The number of rotatable bonds is 3. The standard InChI is InChI=1S/C14H11NO4S/c16-13-8-19-11-4-2-1-3-10(11)15(13)7-9-5-6-12(20-9)14(17)18/h1-6H,7-8H2,(H,17,18). The molecule has 0 atom stereocenters. The van der Waals surface area contributed by atoms with Gasteiger partial charge >= 0.3 is 5.97 Å². The fraction of sp³-hybridized carbons (Fsp3) is 0.143. The summed E-state index contributed by atoms with van der Waals surface area (Å²) in [6.07, 6.45) is 0. The minimum Gasteiger partial charge on any atom is -0.482 e. The van der Waals surface area contributed by atoms with E-state index in [-0.39, 0.29) is 17.4 Å². The third-order valence-corrected chi connectivity index (χ3v) is 4.05. The quantitative estimate of drug-likeness (QED) is 0.942. The fourth-order valence-electron chi connectivity index (χ4n) is 2.06. The van der Waals surface area contributed by atoms with Crippen molar-refractivity contribution in [2.75, 3.05) is 11.5 Å². The van der Waals surface area contributed by atoms with Crippen molar-refractivity contribution in [1.29, 1.82) is 0 Å². The molecule has 0 aliphatic carbocycles. The van der Waals surface area contributed by atoms with E-state index in [9.17, 15) is 9.59 Å². The summed E-state index contributed by atoms with van der Waals surface area (Å²) in [5, 5.41) is 8.92. The summed E-state index contributed by atoms with van der Waals surface area (Å²) >= 11 is 1.18. The number of carbonyl (C=O) groups is 2. The molecule has 5 nitrogen and oxygen atoms in total. The van der Waals surface area contributed by atoms with Crippen molar-refractivity contribution in [3.63, 3.8) is 0 Å². The molecule has 2 heterocycles. The van der Waals surface area contributed by atoms with Gasteiger partial charge in [0.05, 0.1) is 12.2 Å². The van der Waals surface area contributed by atoms with Crippen LogP contribution in [0.5, 0.6) is 5.75 Å². The molecule has 1 aromatic carbocycles. The van der Waals surface area contributed by atoms with Crippen LogP contribution in [0.4, 0.5) is 5.69 Å². The Kier molecular flexibility index (Phi) is 3.15. The van der Waals surface area contributed by atoms with Crippen molar-refractivity contribution in [2.24, 2.45) is 0 Å². The van der Waals surface area contributed by atoms with Crippen molar-refractivity contribution < 1.29 is 19.4 Å². The molecule has 6 heteroatoms. The Balaban J connectivity index is 1.89. The number of thiophene rings is 1. The molecule has 1 amide bonds. The Morgan fingerprint density at radius 2 is 2.10 bits per heavy atom. The van der Waals surface area contributed by atoms with Crippen LogP contribution >= 0.6 is 11.3 Å². The highest BCUT2D eigenvalue weighted by Crippen LogP contribution is 2.33. The Labute approximate surface area is 119 Å². The normalized spacial score (nSPS) is 13.8. The van der Waals surface area contributed by atoms with Gasteiger partial charge in [0.1, 0.15) is 10.6 Å². The highest BCUT2D eigenvalue weighted by Gasteiger charge is 2.25. The number of ether oxygens (including phenoxy) is 1. The lowest BCUT2D eigenvalue weighted by Crippen LogP contribution is -2.37. The Hall–Kier alpha value is -2.34. The van der Waals surface area contributed by atoms with Gasteiger partial charge in [-0.1, -0.05) is 12.1 Å². The molecule has 102 valence electrons. The summed E-state index contributed by atoms with van der Waals surface area (Å²) in [6, 6.07) is 10.6. The number of carboxylic acids is 1. The second-order valence-corrected chi connectivity index (χ2v) is 5.48. The third-order valence-electron chi connectivity index (χ3n) is 2.99. The first kappa shape index (κ1) is 12.7. The average molecular weight is 289 g/mol. The predicted octanol–water partition coefficient (Wildman–Crippen LogP) is 2.37. The average Bonchev–Trinajstić information content (AvgIpc) is 2.91. The van der Waals surface area contributed by atoms with Crippen LogP contribution in [0.25, 0.3) is 0 Å². The molecule has 20 heavy (non-hydrogen) atoms. The number of nitrogens with zero attached hydrogens (tertiary/aromatic N) is 1. The lowest BCUT2D eigenvalue weighted by atomic mass is 10.2. The summed E-state index contributed by atoms with van der Waals surface area (Å²) in [6.45, 7) is 0.366. The second-order valence-electron chi connectivity index (χ2n) is 4.31. The topological polar surface area (TPSA) is 66.8 Å². The van der Waals surface area contributed by atoms with Gasteiger partial charge in [-0.3, -0.25) is 4.79 Å². The van der Waals surface area contributed by atoms with Crippen LogP contribution < -0.4 is 9.64 Å². The van der Waals surface area contributed by atoms with Crippen LogP contribution in [-0.4, -0.2) is 23.6 Å². The zero-order chi connectivity index (χ0) is 14.1. The summed E-state index contributed by atoms with van der Waals surface area (Å²) in [7, 11) is 0. The molecule has 1 aromatic heterocycles. The Morgan fingerprint density at radius 1 is 1.30 bits per heavy atom. The van der Waals surface area contributed by atoms with Gasteiger partial charge in [0, 0.05) is 4.88 Å². The molecule has 0 saturated heterocycles. The van der Waals surface area contributed by atoms with Gasteiger partial charge in [-0.2, -0.15) is 0 Å². The number of carbonyl (C=O) groups excluding carboxylic acids is 1. The van der Waals surface area contributed by atoms with E-state index >= 15 is 0 Å². The van der Waals surface area contributed by atoms with Crippen LogP contribution in [-0.2, 0) is 11.3 Å². The molecule has 0 bridgehead atoms. The predicted molar refractivity (Wildman–Crippen MR) is 74.4 cm³/mol. The van der Waals surface area contributed by atoms with Gasteiger partial charge in [0.25, 0.3) is 5.91 Å². The number of carboxylic acid groups (broad SMARTS) is 1. The number of hydrogen-bond donors (Lipinski definition) is 1. The molecule has 3 rings (SSSR count). The molecular weight excluding hydrogens is 278 g/mol. The van der Waals surface area contributed by atoms with Crippen LogP contribution in [0.15, 0.2) is 36.4 Å². The number of anilines is 1. The van der Waals surface area contributed by atoms with E-state index in [1.54, 1.807) is 17.0 Å². The third kappa shape index (κ3) is 2.25. The van der Waals surface area contributed by atoms with Crippen LogP contribution in [0.3, 0.4) is 0 Å². The smallest absolute Gasteiger partial charge is 0.345 e. The van der Waals surface area contributed by atoms with Crippen molar-refractivity contribution in [3.8, 4) is 5.75 Å². The zero-order valence-corrected chi connectivity index (χ0v) is 11.2. The molecule has 0 radical (unpaired) electrons. The number of fused-ring (bicyclic) bond motifs is 1. The summed E-state index contributed by atoms with van der Waals surface area (Å²) in [5.74, 6) is -0.411. The molecule has 1 aliphatic heterocycles. The summed E-state index contributed by atoms with van der Waals surface area (Å²) in [4.78, 5) is 25.6. The number of para-hydroxylation sites is 2. The first-order chi connectivity index (χ1) is 9.65. The van der Waals surface area contributed by atoms with Gasteiger partial charge in [0.2, 0.25) is 0 Å². The van der Waals surface area contributed by atoms with Gasteiger partial charge in [0.15, 0.2) is 6.61 Å². The van der Waals surface area contributed by atoms with Crippen LogP contribution in [0.2, 0.25) is 0 Å². The molecule has 1 aliphatic rings. The first-order valence-electron chi connectivity index (χ1n) is 5.99. The summed E-state index contributed by atoms with van der Waals surface area (Å²) in [5.41, 5.74) is 0.717. The maximum Gasteiger partial charge on any atom is 0.345 e. The number of aromatic carboxylic acids is 1. The van der Waals surface area contributed by atoms with Gasteiger partial charge in [-0.15, -0.1) is 11.3 Å². The molecule has 1 N–H and O–H groups in total. The lowest BCUT2D eigenvalue weighted by Gasteiger charge is -2.28.